The smallest absolute Gasteiger partial charge is 0.191 e. The summed E-state index contributed by atoms with van der Waals surface area (Å²) in [6.07, 6.45) is 1.74. The largest absolute Gasteiger partial charge is 0.504 e. The minimum atomic E-state index is 0.157. The molecule has 1 heterocycles. The van der Waals surface area contributed by atoms with Crippen molar-refractivity contribution >= 4 is 17.0 Å². The molecule has 0 bridgehead atoms. The molecule has 0 saturated heterocycles. The van der Waals surface area contributed by atoms with Crippen LogP contribution in [0, 0.1) is 6.92 Å². The molecule has 3 rings (SSSR count). The SMILES string of the molecule is CCNC(=NCCCn1c(C)nc2ccccc21)NCCc1ccc(O)c(OC)c1. The van der Waals surface area contributed by atoms with Crippen molar-refractivity contribution in [2.24, 2.45) is 4.99 Å². The number of phenols is 1. The second-order valence-electron chi connectivity index (χ2n) is 7.10. The maximum atomic E-state index is 9.71. The normalized spacial score (nSPS) is 11.6. The summed E-state index contributed by atoms with van der Waals surface area (Å²) in [5.74, 6) is 2.51. The van der Waals surface area contributed by atoms with Gasteiger partial charge in [-0.25, -0.2) is 4.98 Å². The van der Waals surface area contributed by atoms with Crippen molar-refractivity contribution in [1.29, 1.82) is 0 Å². The number of aliphatic imine (C=N–C) groups is 1. The van der Waals surface area contributed by atoms with E-state index in [-0.39, 0.29) is 5.75 Å². The number of nitrogens with zero attached hydrogens (tertiary/aromatic N) is 3. The fourth-order valence-electron chi connectivity index (χ4n) is 3.44. The Bertz CT molecular complexity index is 996. The lowest BCUT2D eigenvalue weighted by Crippen LogP contribution is -2.38. The molecule has 0 fully saturated rings. The van der Waals surface area contributed by atoms with Gasteiger partial charge in [-0.3, -0.25) is 4.99 Å². The Morgan fingerprint density at radius 1 is 1.20 bits per heavy atom. The third-order valence-electron chi connectivity index (χ3n) is 4.95. The van der Waals surface area contributed by atoms with E-state index in [0.29, 0.717) is 5.75 Å². The van der Waals surface area contributed by atoms with Gasteiger partial charge in [0.1, 0.15) is 5.82 Å². The van der Waals surface area contributed by atoms with Gasteiger partial charge in [-0.15, -0.1) is 0 Å². The van der Waals surface area contributed by atoms with Crippen molar-refractivity contribution in [1.82, 2.24) is 20.2 Å². The van der Waals surface area contributed by atoms with E-state index in [2.05, 4.69) is 39.2 Å². The van der Waals surface area contributed by atoms with Crippen LogP contribution in [0.5, 0.6) is 11.5 Å². The Morgan fingerprint density at radius 2 is 2.03 bits per heavy atom. The van der Waals surface area contributed by atoms with Crippen LogP contribution in [0.25, 0.3) is 11.0 Å². The number of nitrogens with one attached hydrogen (secondary N) is 2. The molecule has 7 nitrogen and oxygen atoms in total. The Hall–Kier alpha value is -3.22. The average molecular weight is 410 g/mol. The molecule has 0 spiro atoms. The van der Waals surface area contributed by atoms with E-state index in [1.54, 1.807) is 13.2 Å². The Morgan fingerprint density at radius 3 is 2.83 bits per heavy atom. The van der Waals surface area contributed by atoms with Gasteiger partial charge in [0, 0.05) is 26.2 Å². The number of imidazole rings is 1. The van der Waals surface area contributed by atoms with E-state index in [0.717, 1.165) is 61.9 Å². The number of rotatable bonds is 9. The van der Waals surface area contributed by atoms with E-state index in [1.807, 2.05) is 31.2 Å². The zero-order chi connectivity index (χ0) is 21.3. The van der Waals surface area contributed by atoms with E-state index >= 15 is 0 Å². The van der Waals surface area contributed by atoms with Crippen molar-refractivity contribution in [3.05, 3.63) is 53.9 Å². The molecule has 3 aromatic rings. The van der Waals surface area contributed by atoms with E-state index in [9.17, 15) is 5.11 Å². The summed E-state index contributed by atoms with van der Waals surface area (Å²) in [5, 5.41) is 16.4. The minimum Gasteiger partial charge on any atom is -0.504 e. The molecule has 0 atom stereocenters. The maximum absolute atomic E-state index is 9.71. The van der Waals surface area contributed by atoms with E-state index < -0.39 is 0 Å². The van der Waals surface area contributed by atoms with Crippen LogP contribution in [0.2, 0.25) is 0 Å². The third kappa shape index (κ3) is 5.43. The standard InChI is InChI=1S/C23H31N5O2/c1-4-24-23(26-14-12-18-10-11-21(29)22(16-18)30-3)25-13-7-15-28-17(2)27-19-8-5-6-9-20(19)28/h5-6,8-11,16,29H,4,7,12-15H2,1-3H3,(H2,24,25,26). The number of aromatic nitrogens is 2. The Labute approximate surface area is 177 Å². The molecule has 7 heteroatoms. The van der Waals surface area contributed by atoms with Crippen molar-refractivity contribution in [2.45, 2.75) is 33.2 Å². The first-order valence-corrected chi connectivity index (χ1v) is 10.4. The first kappa shape index (κ1) is 21.5. The summed E-state index contributed by atoms with van der Waals surface area (Å²) < 4.78 is 7.42. The molecule has 30 heavy (non-hydrogen) atoms. The number of aryl methyl sites for hydroxylation is 2. The second-order valence-corrected chi connectivity index (χ2v) is 7.10. The number of hydrogen-bond acceptors (Lipinski definition) is 4. The summed E-state index contributed by atoms with van der Waals surface area (Å²) in [4.78, 5) is 9.32. The van der Waals surface area contributed by atoms with Gasteiger partial charge in [0.25, 0.3) is 0 Å². The van der Waals surface area contributed by atoms with Crippen LogP contribution in [0.3, 0.4) is 0 Å². The first-order chi connectivity index (χ1) is 14.6. The number of para-hydroxylation sites is 2. The predicted octanol–water partition coefficient (Wildman–Crippen LogP) is 3.25. The number of fused-ring (bicyclic) bond motifs is 1. The summed E-state index contributed by atoms with van der Waals surface area (Å²) in [7, 11) is 1.56. The zero-order valence-electron chi connectivity index (χ0n) is 18.0. The Balaban J connectivity index is 1.51. The molecule has 0 aliphatic rings. The lowest BCUT2D eigenvalue weighted by Gasteiger charge is -2.12. The summed E-state index contributed by atoms with van der Waals surface area (Å²) in [5.41, 5.74) is 3.31. The van der Waals surface area contributed by atoms with Gasteiger partial charge in [-0.2, -0.15) is 0 Å². The molecule has 0 aliphatic carbocycles. The van der Waals surface area contributed by atoms with Crippen molar-refractivity contribution < 1.29 is 9.84 Å². The summed E-state index contributed by atoms with van der Waals surface area (Å²) in [6, 6.07) is 13.7. The molecule has 0 amide bonds. The molecule has 3 N–H and O–H groups in total. The lowest BCUT2D eigenvalue weighted by atomic mass is 10.1. The number of ether oxygens (including phenoxy) is 1. The van der Waals surface area contributed by atoms with Crippen molar-refractivity contribution in [3.8, 4) is 11.5 Å². The number of benzene rings is 2. The Kier molecular flexibility index (Phi) is 7.54. The second kappa shape index (κ2) is 10.5. The average Bonchev–Trinajstić information content (AvgIpc) is 3.07. The number of methoxy groups -OCH3 is 1. The highest BCUT2D eigenvalue weighted by molar-refractivity contribution is 5.79. The highest BCUT2D eigenvalue weighted by Crippen LogP contribution is 2.26. The zero-order valence-corrected chi connectivity index (χ0v) is 18.0. The topological polar surface area (TPSA) is 83.7 Å². The predicted molar refractivity (Wildman–Crippen MR) is 121 cm³/mol. The molecule has 0 radical (unpaired) electrons. The number of guanidine groups is 1. The van der Waals surface area contributed by atoms with Crippen LogP contribution in [0.1, 0.15) is 24.7 Å². The van der Waals surface area contributed by atoms with Crippen molar-refractivity contribution in [2.75, 3.05) is 26.7 Å². The van der Waals surface area contributed by atoms with Crippen molar-refractivity contribution in [3.63, 3.8) is 0 Å². The van der Waals surface area contributed by atoms with Gasteiger partial charge >= 0.3 is 0 Å². The molecule has 0 unspecified atom stereocenters. The van der Waals surface area contributed by atoms with Crippen LogP contribution >= 0.6 is 0 Å². The van der Waals surface area contributed by atoms with E-state index in [1.165, 1.54) is 5.52 Å². The fraction of sp³-hybridized carbons (Fsp3) is 0.391. The quantitative estimate of drug-likeness (QED) is 0.287. The summed E-state index contributed by atoms with van der Waals surface area (Å²) >= 11 is 0. The highest BCUT2D eigenvalue weighted by atomic mass is 16.5. The van der Waals surface area contributed by atoms with Gasteiger partial charge in [0.2, 0.25) is 0 Å². The minimum absolute atomic E-state index is 0.157. The molecular formula is C23H31N5O2. The van der Waals surface area contributed by atoms with Gasteiger partial charge in [0.05, 0.1) is 18.1 Å². The molecule has 1 aromatic heterocycles. The molecule has 0 aliphatic heterocycles. The molecule has 2 aromatic carbocycles. The summed E-state index contributed by atoms with van der Waals surface area (Å²) in [6.45, 7) is 7.28. The van der Waals surface area contributed by atoms with E-state index in [4.69, 9.17) is 9.73 Å². The third-order valence-corrected chi connectivity index (χ3v) is 4.95. The number of hydrogen-bond donors (Lipinski definition) is 3. The van der Waals surface area contributed by atoms with Gasteiger partial charge in [0.15, 0.2) is 17.5 Å². The molecule has 160 valence electrons. The highest BCUT2D eigenvalue weighted by Gasteiger charge is 2.06. The van der Waals surface area contributed by atoms with Gasteiger partial charge in [-0.05, 0) is 56.5 Å². The van der Waals surface area contributed by atoms with Crippen LogP contribution in [-0.2, 0) is 13.0 Å². The monoisotopic (exact) mass is 409 g/mol. The molecule has 0 saturated carbocycles. The van der Waals surface area contributed by atoms with Crippen LogP contribution in [0.4, 0.5) is 0 Å². The number of aromatic hydroxyl groups is 1. The van der Waals surface area contributed by atoms with Crippen LogP contribution < -0.4 is 15.4 Å². The fourth-order valence-corrected chi connectivity index (χ4v) is 3.44. The van der Waals surface area contributed by atoms with Crippen LogP contribution in [0.15, 0.2) is 47.5 Å². The van der Waals surface area contributed by atoms with Crippen LogP contribution in [-0.4, -0.2) is 47.4 Å². The maximum Gasteiger partial charge on any atom is 0.191 e. The first-order valence-electron chi connectivity index (χ1n) is 10.4. The lowest BCUT2D eigenvalue weighted by molar-refractivity contribution is 0.373. The van der Waals surface area contributed by atoms with Gasteiger partial charge in [-0.1, -0.05) is 18.2 Å². The number of phenolic OH excluding ortho intramolecular Hbond substituents is 1. The van der Waals surface area contributed by atoms with Gasteiger partial charge < -0.3 is 25.0 Å². The molecular weight excluding hydrogens is 378 g/mol.